The van der Waals surface area contributed by atoms with Gasteiger partial charge in [0.25, 0.3) is 0 Å². The molecule has 1 aromatic carbocycles. The fraction of sp³-hybridized carbons (Fsp3) is 0.300. The van der Waals surface area contributed by atoms with Crippen molar-refractivity contribution >= 4 is 33.2 Å². The Morgan fingerprint density at radius 1 is 1.36 bits per heavy atom. The summed E-state index contributed by atoms with van der Waals surface area (Å²) in [6.45, 7) is 2.02. The first-order valence-electron chi connectivity index (χ1n) is 8.47. The molecule has 0 atom stereocenters. The normalized spacial score (nSPS) is 13.4. The van der Waals surface area contributed by atoms with E-state index in [1.54, 1.807) is 17.6 Å². The van der Waals surface area contributed by atoms with E-state index in [4.69, 9.17) is 4.42 Å². The number of benzene rings is 1. The third-order valence-electron chi connectivity index (χ3n) is 4.70. The van der Waals surface area contributed by atoms with Crippen LogP contribution < -0.4 is 5.32 Å². The number of fused-ring (bicyclic) bond motifs is 2. The molecule has 1 amide bonds. The van der Waals surface area contributed by atoms with Crippen LogP contribution in [0, 0.1) is 18.3 Å². The number of hydrogen-bond donors (Lipinski definition) is 1. The van der Waals surface area contributed by atoms with Crippen LogP contribution in [-0.4, -0.2) is 5.91 Å². The van der Waals surface area contributed by atoms with Crippen LogP contribution in [0.15, 0.2) is 28.9 Å². The van der Waals surface area contributed by atoms with Crippen molar-refractivity contribution in [1.29, 1.82) is 5.26 Å². The molecule has 0 saturated carbocycles. The van der Waals surface area contributed by atoms with Gasteiger partial charge in [0.1, 0.15) is 16.7 Å². The maximum atomic E-state index is 12.5. The number of nitrogens with zero attached hydrogens (tertiary/aromatic N) is 1. The molecule has 0 bridgehead atoms. The lowest BCUT2D eigenvalue weighted by Crippen LogP contribution is -2.14. The zero-order valence-electron chi connectivity index (χ0n) is 14.0. The van der Waals surface area contributed by atoms with E-state index in [9.17, 15) is 10.1 Å². The zero-order valence-corrected chi connectivity index (χ0v) is 14.8. The van der Waals surface area contributed by atoms with E-state index in [1.807, 2.05) is 25.1 Å². The largest absolute Gasteiger partial charge is 0.464 e. The maximum absolute atomic E-state index is 12.5. The van der Waals surface area contributed by atoms with Gasteiger partial charge in [-0.25, -0.2) is 0 Å². The SMILES string of the molecule is Cc1ccc2occ(CC(=O)Nc3sc4c(c3C#N)CCCC4)c2c1. The van der Waals surface area contributed by atoms with Crippen LogP contribution in [0.25, 0.3) is 11.0 Å². The Morgan fingerprint density at radius 2 is 2.20 bits per heavy atom. The van der Waals surface area contributed by atoms with Crippen molar-refractivity contribution in [2.24, 2.45) is 0 Å². The smallest absolute Gasteiger partial charge is 0.229 e. The third-order valence-corrected chi connectivity index (χ3v) is 5.90. The highest BCUT2D eigenvalue weighted by Gasteiger charge is 2.22. The molecular formula is C20H18N2O2S. The highest BCUT2D eigenvalue weighted by atomic mass is 32.1. The lowest BCUT2D eigenvalue weighted by molar-refractivity contribution is -0.115. The van der Waals surface area contributed by atoms with E-state index < -0.39 is 0 Å². The average molecular weight is 350 g/mol. The topological polar surface area (TPSA) is 66.0 Å². The maximum Gasteiger partial charge on any atom is 0.229 e. The van der Waals surface area contributed by atoms with Crippen LogP contribution >= 0.6 is 11.3 Å². The molecule has 126 valence electrons. The quantitative estimate of drug-likeness (QED) is 0.742. The molecule has 0 unspecified atom stereocenters. The molecule has 2 heterocycles. The number of nitrogens with one attached hydrogen (secondary N) is 1. The summed E-state index contributed by atoms with van der Waals surface area (Å²) in [6, 6.07) is 8.23. The number of amides is 1. The zero-order chi connectivity index (χ0) is 17.4. The van der Waals surface area contributed by atoms with Crippen molar-refractivity contribution in [3.63, 3.8) is 0 Å². The first-order chi connectivity index (χ1) is 12.2. The number of anilines is 1. The van der Waals surface area contributed by atoms with Crippen LogP contribution in [0.5, 0.6) is 0 Å². The van der Waals surface area contributed by atoms with Crippen LogP contribution in [0.1, 0.15) is 40.0 Å². The summed E-state index contributed by atoms with van der Waals surface area (Å²) in [5.41, 5.74) is 4.58. The third kappa shape index (κ3) is 2.94. The Labute approximate surface area is 150 Å². The van der Waals surface area contributed by atoms with Gasteiger partial charge in [0.15, 0.2) is 0 Å². The van der Waals surface area contributed by atoms with Gasteiger partial charge >= 0.3 is 0 Å². The summed E-state index contributed by atoms with van der Waals surface area (Å²) in [4.78, 5) is 13.8. The lowest BCUT2D eigenvalue weighted by Gasteiger charge is -2.09. The molecule has 4 rings (SSSR count). The number of nitriles is 1. The summed E-state index contributed by atoms with van der Waals surface area (Å²) < 4.78 is 5.54. The van der Waals surface area contributed by atoms with Gasteiger partial charge in [-0.1, -0.05) is 11.6 Å². The average Bonchev–Trinajstić information content (AvgIpc) is 3.15. The van der Waals surface area contributed by atoms with Crippen molar-refractivity contribution in [2.45, 2.75) is 39.0 Å². The molecule has 0 saturated heterocycles. The molecule has 2 aromatic heterocycles. The molecule has 0 aliphatic heterocycles. The van der Waals surface area contributed by atoms with Crippen LogP contribution in [-0.2, 0) is 24.1 Å². The number of thiophene rings is 1. The van der Waals surface area contributed by atoms with Gasteiger partial charge in [-0.3, -0.25) is 4.79 Å². The molecule has 5 heteroatoms. The highest BCUT2D eigenvalue weighted by molar-refractivity contribution is 7.16. The number of aryl methyl sites for hydroxylation is 2. The van der Waals surface area contributed by atoms with Crippen molar-refractivity contribution in [3.05, 3.63) is 51.6 Å². The standard InChI is InChI=1S/C20H18N2O2S/c1-12-6-7-17-15(8-12)13(11-24-17)9-19(23)22-20-16(10-21)14-4-2-3-5-18(14)25-20/h6-8,11H,2-5,9H2,1H3,(H,22,23). The highest BCUT2D eigenvalue weighted by Crippen LogP contribution is 2.37. The molecule has 0 fully saturated rings. The first-order valence-corrected chi connectivity index (χ1v) is 9.28. The molecule has 1 N–H and O–H groups in total. The second kappa shape index (κ2) is 6.38. The van der Waals surface area contributed by atoms with Gasteiger partial charge in [0.05, 0.1) is 18.2 Å². The van der Waals surface area contributed by atoms with E-state index in [-0.39, 0.29) is 12.3 Å². The predicted octanol–water partition coefficient (Wildman–Crippen LogP) is 4.73. The summed E-state index contributed by atoms with van der Waals surface area (Å²) in [7, 11) is 0. The van der Waals surface area contributed by atoms with Crippen molar-refractivity contribution in [2.75, 3.05) is 5.32 Å². The molecular weight excluding hydrogens is 332 g/mol. The second-order valence-corrected chi connectivity index (χ2v) is 7.62. The Hall–Kier alpha value is -2.58. The fourth-order valence-corrected chi connectivity index (χ4v) is 4.70. The summed E-state index contributed by atoms with van der Waals surface area (Å²) in [5.74, 6) is -0.112. The van der Waals surface area contributed by atoms with E-state index in [2.05, 4.69) is 11.4 Å². The van der Waals surface area contributed by atoms with E-state index >= 15 is 0 Å². The molecule has 4 nitrogen and oxygen atoms in total. The van der Waals surface area contributed by atoms with E-state index in [0.29, 0.717) is 10.6 Å². The van der Waals surface area contributed by atoms with Gasteiger partial charge in [0, 0.05) is 15.8 Å². The molecule has 0 radical (unpaired) electrons. The Bertz CT molecular complexity index is 1010. The molecule has 1 aliphatic rings. The number of hydrogen-bond acceptors (Lipinski definition) is 4. The van der Waals surface area contributed by atoms with E-state index in [1.165, 1.54) is 4.88 Å². The van der Waals surface area contributed by atoms with Crippen molar-refractivity contribution < 1.29 is 9.21 Å². The van der Waals surface area contributed by atoms with E-state index in [0.717, 1.165) is 53.3 Å². The second-order valence-electron chi connectivity index (χ2n) is 6.51. The first kappa shape index (κ1) is 15.9. The predicted molar refractivity (Wildman–Crippen MR) is 99.0 cm³/mol. The molecule has 3 aromatic rings. The molecule has 25 heavy (non-hydrogen) atoms. The van der Waals surface area contributed by atoms with Gasteiger partial charge in [-0.15, -0.1) is 11.3 Å². The minimum atomic E-state index is -0.112. The Kier molecular flexibility index (Phi) is 4.06. The molecule has 0 spiro atoms. The van der Waals surface area contributed by atoms with Gasteiger partial charge in [0.2, 0.25) is 5.91 Å². The number of furan rings is 1. The van der Waals surface area contributed by atoms with Crippen LogP contribution in [0.4, 0.5) is 5.00 Å². The lowest BCUT2D eigenvalue weighted by atomic mass is 9.96. The summed E-state index contributed by atoms with van der Waals surface area (Å²) >= 11 is 1.56. The minimum absolute atomic E-state index is 0.112. The molecule has 1 aliphatic carbocycles. The Balaban J connectivity index is 1.57. The Morgan fingerprint density at radius 3 is 3.04 bits per heavy atom. The van der Waals surface area contributed by atoms with Crippen molar-refractivity contribution in [1.82, 2.24) is 0 Å². The summed E-state index contributed by atoms with van der Waals surface area (Å²) in [5, 5.41) is 14.1. The number of rotatable bonds is 3. The van der Waals surface area contributed by atoms with Crippen molar-refractivity contribution in [3.8, 4) is 6.07 Å². The van der Waals surface area contributed by atoms with Gasteiger partial charge in [-0.2, -0.15) is 5.26 Å². The van der Waals surface area contributed by atoms with Crippen LogP contribution in [0.3, 0.4) is 0 Å². The number of carbonyl (C=O) groups excluding carboxylic acids is 1. The van der Waals surface area contributed by atoms with Crippen LogP contribution in [0.2, 0.25) is 0 Å². The minimum Gasteiger partial charge on any atom is -0.464 e. The van der Waals surface area contributed by atoms with Gasteiger partial charge in [-0.05, 0) is 50.3 Å². The monoisotopic (exact) mass is 350 g/mol. The fourth-order valence-electron chi connectivity index (χ4n) is 3.45. The summed E-state index contributed by atoms with van der Waals surface area (Å²) in [6.07, 6.45) is 6.11. The number of carbonyl (C=O) groups is 1. The van der Waals surface area contributed by atoms with Gasteiger partial charge < -0.3 is 9.73 Å².